The van der Waals surface area contributed by atoms with Crippen LogP contribution in [0.4, 0.5) is 0 Å². The summed E-state index contributed by atoms with van der Waals surface area (Å²) in [5, 5.41) is 3.35. The van der Waals surface area contributed by atoms with E-state index < -0.39 is 9.84 Å². The molecule has 1 fully saturated rings. The van der Waals surface area contributed by atoms with Gasteiger partial charge in [0.05, 0.1) is 29.1 Å². The number of para-hydroxylation sites is 2. The summed E-state index contributed by atoms with van der Waals surface area (Å²) in [6, 6.07) is 8.18. The number of hydrogen-bond donors (Lipinski definition) is 1. The minimum absolute atomic E-state index is 0.0601. The third-order valence-corrected chi connectivity index (χ3v) is 5.73. The lowest BCUT2D eigenvalue weighted by molar-refractivity contribution is 0.524. The second-order valence-corrected chi connectivity index (χ2v) is 7.88. The first-order valence-corrected chi connectivity index (χ1v) is 9.29. The van der Waals surface area contributed by atoms with Gasteiger partial charge in [-0.2, -0.15) is 0 Å². The van der Waals surface area contributed by atoms with Crippen molar-refractivity contribution in [3.05, 3.63) is 30.1 Å². The van der Waals surface area contributed by atoms with Crippen LogP contribution in [-0.4, -0.2) is 35.5 Å². The van der Waals surface area contributed by atoms with Crippen LogP contribution >= 0.6 is 0 Å². The Bertz CT molecular complexity index is 736. The third kappa shape index (κ3) is 3.11. The number of benzene rings is 1. The standard InChI is InChI=1S/C15H21N3O2S/c1-2-8-18-14-6-4-3-5-13(14)17-15(18)10-16-12-7-9-21(19,20)11-12/h3-6,12,16H,2,7-11H2,1H3. The first-order chi connectivity index (χ1) is 10.1. The number of nitrogens with one attached hydrogen (secondary N) is 1. The van der Waals surface area contributed by atoms with Crippen molar-refractivity contribution in [2.45, 2.75) is 38.9 Å². The lowest BCUT2D eigenvalue weighted by atomic mass is 10.2. The molecule has 5 nitrogen and oxygen atoms in total. The molecule has 0 radical (unpaired) electrons. The molecule has 21 heavy (non-hydrogen) atoms. The first-order valence-electron chi connectivity index (χ1n) is 7.47. The van der Waals surface area contributed by atoms with Crippen LogP contribution in [0.15, 0.2) is 24.3 Å². The van der Waals surface area contributed by atoms with Gasteiger partial charge in [-0.1, -0.05) is 19.1 Å². The highest BCUT2D eigenvalue weighted by atomic mass is 32.2. The molecule has 1 aromatic heterocycles. The Labute approximate surface area is 125 Å². The maximum atomic E-state index is 11.5. The van der Waals surface area contributed by atoms with Gasteiger partial charge in [-0.25, -0.2) is 13.4 Å². The van der Waals surface area contributed by atoms with Crippen LogP contribution in [0, 0.1) is 0 Å². The molecule has 1 unspecified atom stereocenters. The predicted octanol–water partition coefficient (Wildman–Crippen LogP) is 1.72. The predicted molar refractivity (Wildman–Crippen MR) is 83.9 cm³/mol. The van der Waals surface area contributed by atoms with Crippen molar-refractivity contribution in [2.75, 3.05) is 11.5 Å². The largest absolute Gasteiger partial charge is 0.327 e. The van der Waals surface area contributed by atoms with Gasteiger partial charge >= 0.3 is 0 Å². The normalized spacial score (nSPS) is 21.1. The summed E-state index contributed by atoms with van der Waals surface area (Å²) in [5.41, 5.74) is 2.15. The van der Waals surface area contributed by atoms with Gasteiger partial charge in [0.15, 0.2) is 9.84 Å². The van der Waals surface area contributed by atoms with Crippen molar-refractivity contribution in [1.82, 2.24) is 14.9 Å². The fourth-order valence-electron chi connectivity index (χ4n) is 2.93. The molecule has 1 aromatic carbocycles. The molecular weight excluding hydrogens is 286 g/mol. The van der Waals surface area contributed by atoms with Gasteiger partial charge in [0.2, 0.25) is 0 Å². The summed E-state index contributed by atoms with van der Waals surface area (Å²) in [5.74, 6) is 1.54. The molecule has 114 valence electrons. The van der Waals surface area contributed by atoms with Crippen LogP contribution < -0.4 is 5.32 Å². The van der Waals surface area contributed by atoms with Crippen molar-refractivity contribution in [3.8, 4) is 0 Å². The molecule has 0 bridgehead atoms. The van der Waals surface area contributed by atoms with Gasteiger partial charge in [-0.05, 0) is 25.0 Å². The van der Waals surface area contributed by atoms with Crippen LogP contribution in [0.3, 0.4) is 0 Å². The first kappa shape index (κ1) is 14.5. The summed E-state index contributed by atoms with van der Waals surface area (Å²) in [4.78, 5) is 4.68. The lowest BCUT2D eigenvalue weighted by Crippen LogP contribution is -2.30. The molecule has 0 amide bonds. The smallest absolute Gasteiger partial charge is 0.151 e. The van der Waals surface area contributed by atoms with Crippen LogP contribution in [0.2, 0.25) is 0 Å². The summed E-state index contributed by atoms with van der Waals surface area (Å²) in [6.07, 6.45) is 1.75. The van der Waals surface area contributed by atoms with E-state index in [1.165, 1.54) is 0 Å². The Morgan fingerprint density at radius 3 is 2.90 bits per heavy atom. The van der Waals surface area contributed by atoms with Gasteiger partial charge < -0.3 is 9.88 Å². The SMILES string of the molecule is CCCn1c(CNC2CCS(=O)(=O)C2)nc2ccccc21. The molecule has 2 aromatic rings. The summed E-state index contributed by atoms with van der Waals surface area (Å²) < 4.78 is 25.2. The molecule has 0 spiro atoms. The van der Waals surface area contributed by atoms with Gasteiger partial charge in [0, 0.05) is 12.6 Å². The number of hydrogen-bond acceptors (Lipinski definition) is 4. The van der Waals surface area contributed by atoms with E-state index >= 15 is 0 Å². The number of aryl methyl sites for hydroxylation is 1. The zero-order chi connectivity index (χ0) is 14.9. The van der Waals surface area contributed by atoms with Gasteiger partial charge in [-0.15, -0.1) is 0 Å². The molecule has 0 saturated carbocycles. The number of fused-ring (bicyclic) bond motifs is 1. The van der Waals surface area contributed by atoms with Crippen molar-refractivity contribution in [2.24, 2.45) is 0 Å². The van der Waals surface area contributed by atoms with E-state index in [9.17, 15) is 8.42 Å². The van der Waals surface area contributed by atoms with Crippen LogP contribution in [0.25, 0.3) is 11.0 Å². The van der Waals surface area contributed by atoms with Crippen molar-refractivity contribution < 1.29 is 8.42 Å². The Balaban J connectivity index is 1.78. The van der Waals surface area contributed by atoms with Gasteiger partial charge in [-0.3, -0.25) is 0 Å². The fourth-order valence-corrected chi connectivity index (χ4v) is 4.63. The highest BCUT2D eigenvalue weighted by molar-refractivity contribution is 7.91. The molecule has 1 atom stereocenters. The number of sulfone groups is 1. The van der Waals surface area contributed by atoms with E-state index in [2.05, 4.69) is 27.9 Å². The number of rotatable bonds is 5. The van der Waals surface area contributed by atoms with E-state index in [0.29, 0.717) is 18.7 Å². The van der Waals surface area contributed by atoms with Crippen LogP contribution in [0.1, 0.15) is 25.6 Å². The number of nitrogens with zero attached hydrogens (tertiary/aromatic N) is 2. The summed E-state index contributed by atoms with van der Waals surface area (Å²) in [7, 11) is -2.83. The van der Waals surface area contributed by atoms with E-state index in [1.54, 1.807) is 0 Å². The van der Waals surface area contributed by atoms with Gasteiger partial charge in [0.1, 0.15) is 5.82 Å². The van der Waals surface area contributed by atoms with Crippen molar-refractivity contribution >= 4 is 20.9 Å². The molecule has 2 heterocycles. The van der Waals surface area contributed by atoms with E-state index in [4.69, 9.17) is 0 Å². The van der Waals surface area contributed by atoms with E-state index in [-0.39, 0.29) is 11.8 Å². The highest BCUT2D eigenvalue weighted by Gasteiger charge is 2.27. The number of imidazole rings is 1. The molecule has 1 saturated heterocycles. The van der Waals surface area contributed by atoms with Crippen molar-refractivity contribution in [3.63, 3.8) is 0 Å². The second-order valence-electron chi connectivity index (χ2n) is 5.65. The molecule has 6 heteroatoms. The molecule has 3 rings (SSSR count). The molecule has 0 aliphatic carbocycles. The number of aromatic nitrogens is 2. The summed E-state index contributed by atoms with van der Waals surface area (Å²) in [6.45, 7) is 3.70. The average Bonchev–Trinajstić information content (AvgIpc) is 2.98. The van der Waals surface area contributed by atoms with E-state index in [1.807, 2.05) is 18.2 Å². The topological polar surface area (TPSA) is 64.0 Å². The summed E-state index contributed by atoms with van der Waals surface area (Å²) >= 11 is 0. The van der Waals surface area contributed by atoms with Gasteiger partial charge in [0.25, 0.3) is 0 Å². The average molecular weight is 307 g/mol. The van der Waals surface area contributed by atoms with Crippen LogP contribution in [0.5, 0.6) is 0 Å². The zero-order valence-corrected chi connectivity index (χ0v) is 13.1. The van der Waals surface area contributed by atoms with Crippen molar-refractivity contribution in [1.29, 1.82) is 0 Å². The molecule has 1 aliphatic heterocycles. The Morgan fingerprint density at radius 2 is 2.19 bits per heavy atom. The quantitative estimate of drug-likeness (QED) is 0.913. The van der Waals surface area contributed by atoms with E-state index in [0.717, 1.165) is 29.8 Å². The maximum absolute atomic E-state index is 11.5. The monoisotopic (exact) mass is 307 g/mol. The Hall–Kier alpha value is -1.40. The minimum Gasteiger partial charge on any atom is -0.327 e. The lowest BCUT2D eigenvalue weighted by Gasteiger charge is -2.12. The highest BCUT2D eigenvalue weighted by Crippen LogP contribution is 2.17. The molecule has 1 N–H and O–H groups in total. The molecular formula is C15H21N3O2S. The maximum Gasteiger partial charge on any atom is 0.151 e. The van der Waals surface area contributed by atoms with Crippen LogP contribution in [-0.2, 0) is 22.9 Å². The molecule has 1 aliphatic rings. The zero-order valence-electron chi connectivity index (χ0n) is 12.2. The fraction of sp³-hybridized carbons (Fsp3) is 0.533. The Kier molecular flexibility index (Phi) is 3.99. The second kappa shape index (κ2) is 5.77. The Morgan fingerprint density at radius 1 is 1.38 bits per heavy atom. The minimum atomic E-state index is -2.83. The third-order valence-electron chi connectivity index (χ3n) is 3.96.